The Balaban J connectivity index is 1.91. The van der Waals surface area contributed by atoms with Crippen molar-refractivity contribution < 1.29 is 4.74 Å². The number of ether oxygens (including phenoxy) is 1. The Bertz CT molecular complexity index is 405. The predicted molar refractivity (Wildman–Crippen MR) is 85.4 cm³/mol. The molecule has 1 atom stereocenters. The molecule has 1 saturated heterocycles. The van der Waals surface area contributed by atoms with E-state index in [1.165, 1.54) is 42.6 Å². The maximum atomic E-state index is 5.90. The third-order valence-corrected chi connectivity index (χ3v) is 5.63. The van der Waals surface area contributed by atoms with Gasteiger partial charge in [0, 0.05) is 4.75 Å². The monoisotopic (exact) mass is 276 g/mol. The Morgan fingerprint density at radius 1 is 1.32 bits per heavy atom. The molecule has 19 heavy (non-hydrogen) atoms. The number of rotatable bonds is 5. The summed E-state index contributed by atoms with van der Waals surface area (Å²) in [7, 11) is 0. The zero-order valence-electron chi connectivity index (χ0n) is 12.0. The number of allylic oxidation sites excluding steroid dienone is 1. The molecule has 1 aliphatic rings. The fraction of sp³-hybridized carbons (Fsp3) is 0.529. The molecule has 0 aliphatic carbocycles. The highest BCUT2D eigenvalue weighted by atomic mass is 32.2. The highest BCUT2D eigenvalue weighted by Crippen LogP contribution is 2.39. The molecule has 1 unspecified atom stereocenters. The van der Waals surface area contributed by atoms with Gasteiger partial charge >= 0.3 is 0 Å². The molecule has 1 fully saturated rings. The Morgan fingerprint density at radius 2 is 2.11 bits per heavy atom. The molecule has 104 valence electrons. The van der Waals surface area contributed by atoms with Crippen molar-refractivity contribution >= 4 is 17.3 Å². The summed E-state index contributed by atoms with van der Waals surface area (Å²) in [5.41, 5.74) is 2.44. The van der Waals surface area contributed by atoms with Crippen molar-refractivity contribution in [1.82, 2.24) is 0 Å². The van der Waals surface area contributed by atoms with E-state index in [1.807, 2.05) is 12.3 Å². The van der Waals surface area contributed by atoms with Gasteiger partial charge in [0.05, 0.1) is 6.26 Å². The average molecular weight is 276 g/mol. The average Bonchev–Trinajstić information content (AvgIpc) is 2.49. The summed E-state index contributed by atoms with van der Waals surface area (Å²) in [6, 6.07) is 10.4. The van der Waals surface area contributed by atoms with Crippen LogP contribution in [0.5, 0.6) is 0 Å². The zero-order chi connectivity index (χ0) is 13.6. The summed E-state index contributed by atoms with van der Waals surface area (Å²) >= 11 is 2.10. The minimum absolute atomic E-state index is 0.353. The summed E-state index contributed by atoms with van der Waals surface area (Å²) in [4.78, 5) is 0. The Hall–Kier alpha value is -0.890. The van der Waals surface area contributed by atoms with Crippen LogP contribution < -0.4 is 0 Å². The highest BCUT2D eigenvalue weighted by molar-refractivity contribution is 8.00. The van der Waals surface area contributed by atoms with E-state index in [-0.39, 0.29) is 0 Å². The van der Waals surface area contributed by atoms with Crippen LogP contribution in [0, 0.1) is 0 Å². The number of hydrogen-bond acceptors (Lipinski definition) is 2. The Labute approximate surface area is 121 Å². The molecule has 0 radical (unpaired) electrons. The first-order chi connectivity index (χ1) is 9.26. The first kappa shape index (κ1) is 14.5. The van der Waals surface area contributed by atoms with Crippen LogP contribution in [0.4, 0.5) is 0 Å². The van der Waals surface area contributed by atoms with E-state index < -0.39 is 0 Å². The van der Waals surface area contributed by atoms with Crippen LogP contribution in [0.15, 0.2) is 36.6 Å². The van der Waals surface area contributed by atoms with E-state index in [0.717, 1.165) is 6.61 Å². The van der Waals surface area contributed by atoms with Crippen LogP contribution in [-0.4, -0.2) is 17.1 Å². The number of benzene rings is 1. The van der Waals surface area contributed by atoms with Crippen LogP contribution >= 0.6 is 11.8 Å². The molecule has 0 N–H and O–H groups in total. The molecular weight excluding hydrogens is 252 g/mol. The van der Waals surface area contributed by atoms with Gasteiger partial charge in [0.15, 0.2) is 0 Å². The summed E-state index contributed by atoms with van der Waals surface area (Å²) in [6.07, 6.45) is 7.15. The van der Waals surface area contributed by atoms with Gasteiger partial charge in [-0.1, -0.05) is 43.7 Å². The topological polar surface area (TPSA) is 9.23 Å². The van der Waals surface area contributed by atoms with Gasteiger partial charge in [-0.2, -0.15) is 11.8 Å². The van der Waals surface area contributed by atoms with E-state index in [9.17, 15) is 0 Å². The quantitative estimate of drug-likeness (QED) is 0.689. The molecule has 0 amide bonds. The molecule has 0 bridgehead atoms. The van der Waals surface area contributed by atoms with Gasteiger partial charge in [-0.05, 0) is 43.1 Å². The largest absolute Gasteiger partial charge is 0.499 e. The van der Waals surface area contributed by atoms with E-state index >= 15 is 0 Å². The van der Waals surface area contributed by atoms with Crippen molar-refractivity contribution in [2.45, 2.75) is 44.3 Å². The van der Waals surface area contributed by atoms with Crippen LogP contribution in [0.2, 0.25) is 0 Å². The van der Waals surface area contributed by atoms with Crippen molar-refractivity contribution in [2.24, 2.45) is 0 Å². The van der Waals surface area contributed by atoms with E-state index in [2.05, 4.69) is 49.9 Å². The van der Waals surface area contributed by atoms with Gasteiger partial charge in [-0.25, -0.2) is 0 Å². The zero-order valence-corrected chi connectivity index (χ0v) is 12.8. The van der Waals surface area contributed by atoms with Crippen molar-refractivity contribution in [3.05, 3.63) is 42.2 Å². The molecule has 1 aliphatic heterocycles. The van der Waals surface area contributed by atoms with Gasteiger partial charge in [0.2, 0.25) is 0 Å². The van der Waals surface area contributed by atoms with E-state index in [1.54, 1.807) is 0 Å². The minimum atomic E-state index is 0.353. The lowest BCUT2D eigenvalue weighted by atomic mass is 9.98. The fourth-order valence-electron chi connectivity index (χ4n) is 2.49. The molecule has 0 spiro atoms. The van der Waals surface area contributed by atoms with Crippen molar-refractivity contribution in [3.8, 4) is 0 Å². The molecule has 1 aromatic carbocycles. The molecule has 1 nitrogen and oxygen atoms in total. The number of thioether (sulfide) groups is 1. The Morgan fingerprint density at radius 3 is 2.74 bits per heavy atom. The smallest absolute Gasteiger partial charge is 0.102 e. The van der Waals surface area contributed by atoms with Crippen molar-refractivity contribution in [3.63, 3.8) is 0 Å². The molecule has 0 saturated carbocycles. The second-order valence-corrected chi connectivity index (χ2v) is 6.88. The second kappa shape index (κ2) is 7.04. The normalized spacial score (nSPS) is 24.2. The lowest BCUT2D eigenvalue weighted by molar-refractivity contribution is 0.201. The van der Waals surface area contributed by atoms with Crippen LogP contribution in [0.25, 0.3) is 5.57 Å². The van der Waals surface area contributed by atoms with Gasteiger partial charge in [-0.15, -0.1) is 0 Å². The SMILES string of the molecule is CCC1(CO/C=C(/C)c2ccccc2)CCCCS1. The van der Waals surface area contributed by atoms with Gasteiger partial charge in [0.1, 0.15) is 6.61 Å². The van der Waals surface area contributed by atoms with Gasteiger partial charge in [0.25, 0.3) is 0 Å². The molecule has 1 heterocycles. The maximum absolute atomic E-state index is 5.90. The first-order valence-corrected chi connectivity index (χ1v) is 8.22. The molecule has 2 heteroatoms. The van der Waals surface area contributed by atoms with Crippen LogP contribution in [0.3, 0.4) is 0 Å². The predicted octanol–water partition coefficient (Wildman–Crippen LogP) is 5.13. The van der Waals surface area contributed by atoms with Crippen LogP contribution in [-0.2, 0) is 4.74 Å². The summed E-state index contributed by atoms with van der Waals surface area (Å²) < 4.78 is 6.25. The minimum Gasteiger partial charge on any atom is -0.499 e. The van der Waals surface area contributed by atoms with Gasteiger partial charge < -0.3 is 4.74 Å². The maximum Gasteiger partial charge on any atom is 0.102 e. The molecular formula is C17H24OS. The summed E-state index contributed by atoms with van der Waals surface area (Å²) in [5, 5.41) is 0. The standard InChI is InChI=1S/C17H24OS/c1-3-17(11-7-8-12-19-17)14-18-13-15(2)16-9-5-4-6-10-16/h4-6,9-10,13H,3,7-8,11-12,14H2,1-2H3/b15-13-. The lowest BCUT2D eigenvalue weighted by Gasteiger charge is -2.35. The second-order valence-electron chi connectivity index (χ2n) is 5.32. The van der Waals surface area contributed by atoms with Crippen molar-refractivity contribution in [1.29, 1.82) is 0 Å². The van der Waals surface area contributed by atoms with Gasteiger partial charge in [-0.3, -0.25) is 0 Å². The third-order valence-electron chi connectivity index (χ3n) is 3.91. The molecule has 0 aromatic heterocycles. The Kier molecular flexibility index (Phi) is 5.38. The first-order valence-electron chi connectivity index (χ1n) is 7.23. The van der Waals surface area contributed by atoms with E-state index in [4.69, 9.17) is 4.74 Å². The molecule has 1 aromatic rings. The fourth-order valence-corrected chi connectivity index (χ4v) is 3.92. The van der Waals surface area contributed by atoms with Crippen LogP contribution in [0.1, 0.15) is 45.1 Å². The third kappa shape index (κ3) is 4.04. The summed E-state index contributed by atoms with van der Waals surface area (Å²) in [5.74, 6) is 1.29. The molecule has 2 rings (SSSR count). The number of hydrogen-bond donors (Lipinski definition) is 0. The van der Waals surface area contributed by atoms with Crippen molar-refractivity contribution in [2.75, 3.05) is 12.4 Å². The summed E-state index contributed by atoms with van der Waals surface area (Å²) in [6.45, 7) is 5.25. The highest BCUT2D eigenvalue weighted by Gasteiger charge is 2.31. The lowest BCUT2D eigenvalue weighted by Crippen LogP contribution is -2.32. The van der Waals surface area contributed by atoms with E-state index in [0.29, 0.717) is 4.75 Å².